The Morgan fingerprint density at radius 2 is 1.47 bits per heavy atom. The van der Waals surface area contributed by atoms with Gasteiger partial charge in [0.25, 0.3) is 0 Å². The van der Waals surface area contributed by atoms with Crippen LogP contribution in [0.1, 0.15) is 76.7 Å². The van der Waals surface area contributed by atoms with E-state index in [0.29, 0.717) is 0 Å². The Morgan fingerprint density at radius 3 is 2.12 bits per heavy atom. The second-order valence-electron chi connectivity index (χ2n) is 5.07. The Labute approximate surface area is 107 Å². The van der Waals surface area contributed by atoms with E-state index >= 15 is 0 Å². The number of unbranched alkanes of at least 4 members (excludes halogenated alkanes) is 5. The minimum absolute atomic E-state index is 0.780. The fourth-order valence-corrected chi connectivity index (χ4v) is 2.50. The third-order valence-corrected chi connectivity index (χ3v) is 3.67. The number of rotatable bonds is 9. The van der Waals surface area contributed by atoms with Crippen LogP contribution in [0.4, 0.5) is 0 Å². The summed E-state index contributed by atoms with van der Waals surface area (Å²) in [5.74, 6) is 0.780. The predicted octanol–water partition coefficient (Wildman–Crippen LogP) is 5.93. The van der Waals surface area contributed by atoms with Gasteiger partial charge < -0.3 is 0 Å². The van der Waals surface area contributed by atoms with E-state index in [2.05, 4.69) is 44.2 Å². The van der Waals surface area contributed by atoms with E-state index in [9.17, 15) is 0 Å². The Balaban J connectivity index is 2.20. The maximum atomic E-state index is 2.31. The maximum absolute atomic E-state index is 2.31. The molecule has 0 nitrogen and oxygen atoms in total. The Morgan fingerprint density at radius 1 is 0.824 bits per heavy atom. The summed E-state index contributed by atoms with van der Waals surface area (Å²) >= 11 is 0. The average Bonchev–Trinajstić information content (AvgIpc) is 2.39. The van der Waals surface area contributed by atoms with Crippen LogP contribution in [0.5, 0.6) is 0 Å². The van der Waals surface area contributed by atoms with Crippen LogP contribution in [-0.2, 0) is 0 Å². The van der Waals surface area contributed by atoms with Gasteiger partial charge in [-0.25, -0.2) is 0 Å². The first-order valence-electron chi connectivity index (χ1n) is 7.43. The van der Waals surface area contributed by atoms with Crippen molar-refractivity contribution in [2.24, 2.45) is 0 Å². The van der Waals surface area contributed by atoms with Gasteiger partial charge >= 0.3 is 0 Å². The van der Waals surface area contributed by atoms with Gasteiger partial charge in [-0.1, -0.05) is 82.7 Å². The molecule has 96 valence electrons. The molecule has 0 heterocycles. The summed E-state index contributed by atoms with van der Waals surface area (Å²) in [4.78, 5) is 0. The molecule has 0 saturated carbocycles. The molecule has 0 aliphatic heterocycles. The lowest BCUT2D eigenvalue weighted by Gasteiger charge is -2.15. The summed E-state index contributed by atoms with van der Waals surface area (Å²) in [6, 6.07) is 11.0. The summed E-state index contributed by atoms with van der Waals surface area (Å²) < 4.78 is 0. The second-order valence-corrected chi connectivity index (χ2v) is 5.07. The van der Waals surface area contributed by atoms with Crippen LogP contribution in [0.3, 0.4) is 0 Å². The first-order chi connectivity index (χ1) is 8.38. The molecular weight excluding hydrogens is 204 g/mol. The summed E-state index contributed by atoms with van der Waals surface area (Å²) in [7, 11) is 0. The molecule has 1 atom stereocenters. The molecular formula is C17H28. The van der Waals surface area contributed by atoms with E-state index in [1.54, 1.807) is 0 Å². The normalized spacial score (nSPS) is 12.6. The molecule has 0 N–H and O–H groups in total. The summed E-state index contributed by atoms with van der Waals surface area (Å²) in [5.41, 5.74) is 1.53. The van der Waals surface area contributed by atoms with Gasteiger partial charge in [0.05, 0.1) is 0 Å². The van der Waals surface area contributed by atoms with E-state index < -0.39 is 0 Å². The molecule has 0 aromatic heterocycles. The summed E-state index contributed by atoms with van der Waals surface area (Å²) in [6.45, 7) is 4.59. The van der Waals surface area contributed by atoms with Gasteiger partial charge in [0.2, 0.25) is 0 Å². The zero-order valence-corrected chi connectivity index (χ0v) is 11.6. The number of benzene rings is 1. The predicted molar refractivity (Wildman–Crippen MR) is 77.5 cm³/mol. The zero-order chi connectivity index (χ0) is 12.3. The SMILES string of the molecule is CCCCCCCC[C@H](CC)c1ccccc1. The molecule has 0 radical (unpaired) electrons. The highest BCUT2D eigenvalue weighted by Gasteiger charge is 2.07. The van der Waals surface area contributed by atoms with Crippen molar-refractivity contribution in [3.63, 3.8) is 0 Å². The lowest BCUT2D eigenvalue weighted by Crippen LogP contribution is -1.97. The molecule has 0 saturated heterocycles. The first-order valence-corrected chi connectivity index (χ1v) is 7.43. The van der Waals surface area contributed by atoms with Crippen LogP contribution in [-0.4, -0.2) is 0 Å². The van der Waals surface area contributed by atoms with Crippen LogP contribution >= 0.6 is 0 Å². The van der Waals surface area contributed by atoms with Gasteiger partial charge in [0.15, 0.2) is 0 Å². The van der Waals surface area contributed by atoms with Crippen LogP contribution in [0.25, 0.3) is 0 Å². The lowest BCUT2D eigenvalue weighted by molar-refractivity contribution is 0.529. The number of hydrogen-bond acceptors (Lipinski definition) is 0. The molecule has 1 rings (SSSR count). The Kier molecular flexibility index (Phi) is 7.79. The highest BCUT2D eigenvalue weighted by atomic mass is 14.1. The molecule has 0 amide bonds. The summed E-state index contributed by atoms with van der Waals surface area (Å²) in [5, 5.41) is 0. The van der Waals surface area contributed by atoms with Crippen molar-refractivity contribution < 1.29 is 0 Å². The van der Waals surface area contributed by atoms with E-state index in [1.165, 1.54) is 56.9 Å². The second kappa shape index (κ2) is 9.27. The van der Waals surface area contributed by atoms with Crippen LogP contribution in [0, 0.1) is 0 Å². The zero-order valence-electron chi connectivity index (χ0n) is 11.6. The standard InChI is InChI=1S/C17H28/c1-3-5-6-7-8-10-13-16(4-2)17-14-11-9-12-15-17/h9,11-12,14-16H,3-8,10,13H2,1-2H3/t16-/m0/s1. The molecule has 1 aromatic carbocycles. The quantitative estimate of drug-likeness (QED) is 0.463. The van der Waals surface area contributed by atoms with Crippen LogP contribution in [0.2, 0.25) is 0 Å². The topological polar surface area (TPSA) is 0 Å². The smallest absolute Gasteiger partial charge is 0.0165 e. The molecule has 0 heteroatoms. The van der Waals surface area contributed by atoms with Gasteiger partial charge in [0.1, 0.15) is 0 Å². The molecule has 1 aromatic rings. The van der Waals surface area contributed by atoms with Crippen molar-refractivity contribution in [3.8, 4) is 0 Å². The van der Waals surface area contributed by atoms with Crippen LogP contribution in [0.15, 0.2) is 30.3 Å². The van der Waals surface area contributed by atoms with Crippen molar-refractivity contribution in [2.75, 3.05) is 0 Å². The third-order valence-electron chi connectivity index (χ3n) is 3.67. The minimum Gasteiger partial charge on any atom is -0.0654 e. The highest BCUT2D eigenvalue weighted by molar-refractivity contribution is 5.19. The summed E-state index contributed by atoms with van der Waals surface area (Å²) in [6.07, 6.45) is 11.1. The monoisotopic (exact) mass is 232 g/mol. The molecule has 0 fully saturated rings. The fraction of sp³-hybridized carbons (Fsp3) is 0.647. The van der Waals surface area contributed by atoms with Gasteiger partial charge in [-0.05, 0) is 24.3 Å². The first kappa shape index (κ1) is 14.3. The molecule has 0 unspecified atom stereocenters. The van der Waals surface area contributed by atoms with Gasteiger partial charge in [0, 0.05) is 0 Å². The van der Waals surface area contributed by atoms with Crippen molar-refractivity contribution in [1.29, 1.82) is 0 Å². The van der Waals surface area contributed by atoms with Crippen molar-refractivity contribution in [2.45, 2.75) is 71.1 Å². The Hall–Kier alpha value is -0.780. The van der Waals surface area contributed by atoms with E-state index in [0.717, 1.165) is 5.92 Å². The molecule has 0 bridgehead atoms. The lowest BCUT2D eigenvalue weighted by atomic mass is 9.91. The molecule has 0 aliphatic rings. The highest BCUT2D eigenvalue weighted by Crippen LogP contribution is 2.25. The number of hydrogen-bond donors (Lipinski definition) is 0. The fourth-order valence-electron chi connectivity index (χ4n) is 2.50. The third kappa shape index (κ3) is 5.91. The van der Waals surface area contributed by atoms with Gasteiger partial charge in [-0.3, -0.25) is 0 Å². The minimum atomic E-state index is 0.780. The largest absolute Gasteiger partial charge is 0.0654 e. The van der Waals surface area contributed by atoms with E-state index in [-0.39, 0.29) is 0 Å². The van der Waals surface area contributed by atoms with Gasteiger partial charge in [-0.2, -0.15) is 0 Å². The Bertz CT molecular complexity index is 263. The van der Waals surface area contributed by atoms with Crippen molar-refractivity contribution in [3.05, 3.63) is 35.9 Å². The molecule has 0 spiro atoms. The van der Waals surface area contributed by atoms with E-state index in [1.807, 2.05) is 0 Å². The molecule has 0 aliphatic carbocycles. The van der Waals surface area contributed by atoms with Gasteiger partial charge in [-0.15, -0.1) is 0 Å². The van der Waals surface area contributed by atoms with Crippen molar-refractivity contribution >= 4 is 0 Å². The van der Waals surface area contributed by atoms with Crippen molar-refractivity contribution in [1.82, 2.24) is 0 Å². The molecule has 17 heavy (non-hydrogen) atoms. The van der Waals surface area contributed by atoms with E-state index in [4.69, 9.17) is 0 Å². The van der Waals surface area contributed by atoms with Crippen LogP contribution < -0.4 is 0 Å². The average molecular weight is 232 g/mol. The maximum Gasteiger partial charge on any atom is -0.0165 e.